The van der Waals surface area contributed by atoms with Crippen LogP contribution < -0.4 is 0 Å². The summed E-state index contributed by atoms with van der Waals surface area (Å²) in [5.41, 5.74) is 1.47. The Bertz CT molecular complexity index is 793. The van der Waals surface area contributed by atoms with Gasteiger partial charge in [0.2, 0.25) is 9.84 Å². The van der Waals surface area contributed by atoms with Gasteiger partial charge in [-0.1, -0.05) is 66.7 Å². The van der Waals surface area contributed by atoms with Crippen LogP contribution in [0.3, 0.4) is 0 Å². The Hall–Kier alpha value is -2.46. The first-order chi connectivity index (χ1) is 10.7. The second-order valence-electron chi connectivity index (χ2n) is 4.91. The SMILES string of the molecule is O=S(=O)(c1ccccn1)C(c1ccccc1)c1ccccc1. The summed E-state index contributed by atoms with van der Waals surface area (Å²) in [4.78, 5) is 4.03. The monoisotopic (exact) mass is 309 g/mol. The van der Waals surface area contributed by atoms with Gasteiger partial charge < -0.3 is 0 Å². The Kier molecular flexibility index (Phi) is 4.02. The highest BCUT2D eigenvalue weighted by Crippen LogP contribution is 2.33. The first kappa shape index (κ1) is 14.5. The fraction of sp³-hybridized carbons (Fsp3) is 0.0556. The van der Waals surface area contributed by atoms with Crippen molar-refractivity contribution in [3.63, 3.8) is 0 Å². The van der Waals surface area contributed by atoms with E-state index in [0.29, 0.717) is 0 Å². The Labute approximate surface area is 130 Å². The van der Waals surface area contributed by atoms with E-state index in [4.69, 9.17) is 0 Å². The van der Waals surface area contributed by atoms with Crippen molar-refractivity contribution in [2.45, 2.75) is 10.3 Å². The fourth-order valence-electron chi connectivity index (χ4n) is 2.44. The van der Waals surface area contributed by atoms with Gasteiger partial charge in [0.25, 0.3) is 0 Å². The Balaban J connectivity index is 2.19. The summed E-state index contributed by atoms with van der Waals surface area (Å²) >= 11 is 0. The molecule has 0 spiro atoms. The Morgan fingerprint density at radius 1 is 0.682 bits per heavy atom. The summed E-state index contributed by atoms with van der Waals surface area (Å²) in [6.45, 7) is 0. The second kappa shape index (κ2) is 6.12. The molecular weight excluding hydrogens is 294 g/mol. The standard InChI is InChI=1S/C18H15NO2S/c20-22(21,17-13-7-8-14-19-17)18(15-9-3-1-4-10-15)16-11-5-2-6-12-16/h1-14,18H. The predicted octanol–water partition coefficient (Wildman–Crippen LogP) is 3.64. The quantitative estimate of drug-likeness (QED) is 0.739. The molecule has 110 valence electrons. The maximum Gasteiger partial charge on any atom is 0.206 e. The molecule has 1 aromatic heterocycles. The zero-order valence-corrected chi connectivity index (χ0v) is 12.6. The van der Waals surface area contributed by atoms with Crippen molar-refractivity contribution in [3.05, 3.63) is 96.2 Å². The molecule has 0 radical (unpaired) electrons. The number of pyridine rings is 1. The topological polar surface area (TPSA) is 47.0 Å². The molecule has 0 aliphatic rings. The van der Waals surface area contributed by atoms with Gasteiger partial charge in [-0.3, -0.25) is 0 Å². The number of rotatable bonds is 4. The lowest BCUT2D eigenvalue weighted by Crippen LogP contribution is -2.16. The highest BCUT2D eigenvalue weighted by atomic mass is 32.2. The van der Waals surface area contributed by atoms with Crippen molar-refractivity contribution in [1.29, 1.82) is 0 Å². The van der Waals surface area contributed by atoms with E-state index in [-0.39, 0.29) is 5.03 Å². The summed E-state index contributed by atoms with van der Waals surface area (Å²) in [6, 6.07) is 23.4. The van der Waals surface area contributed by atoms with Crippen LogP contribution >= 0.6 is 0 Å². The third kappa shape index (κ3) is 2.78. The molecule has 22 heavy (non-hydrogen) atoms. The van der Waals surface area contributed by atoms with Gasteiger partial charge in [0.1, 0.15) is 5.25 Å². The average Bonchev–Trinajstić information content (AvgIpc) is 2.58. The van der Waals surface area contributed by atoms with Gasteiger partial charge in [-0.15, -0.1) is 0 Å². The van der Waals surface area contributed by atoms with Crippen LogP contribution in [-0.4, -0.2) is 13.4 Å². The molecule has 3 rings (SSSR count). The van der Waals surface area contributed by atoms with E-state index in [1.54, 1.807) is 12.1 Å². The van der Waals surface area contributed by atoms with Gasteiger partial charge in [-0.05, 0) is 23.3 Å². The molecule has 0 amide bonds. The van der Waals surface area contributed by atoms with Gasteiger partial charge in [0.05, 0.1) is 0 Å². The molecule has 0 N–H and O–H groups in total. The minimum Gasteiger partial charge on any atom is -0.245 e. The van der Waals surface area contributed by atoms with Crippen molar-refractivity contribution >= 4 is 9.84 Å². The van der Waals surface area contributed by atoms with E-state index in [2.05, 4.69) is 4.98 Å². The molecule has 3 nitrogen and oxygen atoms in total. The summed E-state index contributed by atoms with van der Waals surface area (Å²) in [6.07, 6.45) is 1.50. The zero-order chi connectivity index (χ0) is 15.4. The number of hydrogen-bond acceptors (Lipinski definition) is 3. The molecule has 2 aromatic carbocycles. The average molecular weight is 309 g/mol. The van der Waals surface area contributed by atoms with Crippen molar-refractivity contribution < 1.29 is 8.42 Å². The van der Waals surface area contributed by atoms with Gasteiger partial charge in [-0.2, -0.15) is 0 Å². The third-order valence-corrected chi connectivity index (χ3v) is 5.43. The van der Waals surface area contributed by atoms with Crippen molar-refractivity contribution in [3.8, 4) is 0 Å². The highest BCUT2D eigenvalue weighted by molar-refractivity contribution is 7.91. The molecule has 0 fully saturated rings. The lowest BCUT2D eigenvalue weighted by Gasteiger charge is -2.18. The van der Waals surface area contributed by atoms with Crippen LogP contribution in [0.5, 0.6) is 0 Å². The van der Waals surface area contributed by atoms with E-state index < -0.39 is 15.1 Å². The van der Waals surface area contributed by atoms with E-state index in [1.165, 1.54) is 12.3 Å². The van der Waals surface area contributed by atoms with Crippen molar-refractivity contribution in [2.24, 2.45) is 0 Å². The van der Waals surface area contributed by atoms with Gasteiger partial charge in [0.15, 0.2) is 5.03 Å². The minimum absolute atomic E-state index is 0.0905. The zero-order valence-electron chi connectivity index (χ0n) is 11.8. The third-order valence-electron chi connectivity index (χ3n) is 3.44. The fourth-order valence-corrected chi connectivity index (χ4v) is 4.19. The molecule has 4 heteroatoms. The van der Waals surface area contributed by atoms with Crippen LogP contribution in [0.15, 0.2) is 90.1 Å². The van der Waals surface area contributed by atoms with Crippen LogP contribution in [0.2, 0.25) is 0 Å². The van der Waals surface area contributed by atoms with Crippen LogP contribution in [0.4, 0.5) is 0 Å². The largest absolute Gasteiger partial charge is 0.245 e. The second-order valence-corrected chi connectivity index (χ2v) is 6.89. The van der Waals surface area contributed by atoms with Gasteiger partial charge >= 0.3 is 0 Å². The smallest absolute Gasteiger partial charge is 0.206 e. The molecule has 0 saturated carbocycles. The number of aromatic nitrogens is 1. The molecule has 0 aliphatic heterocycles. The Morgan fingerprint density at radius 3 is 1.64 bits per heavy atom. The molecule has 0 saturated heterocycles. The van der Waals surface area contributed by atoms with E-state index >= 15 is 0 Å². The summed E-state index contributed by atoms with van der Waals surface area (Å²) in [5, 5.41) is -0.669. The molecule has 0 bridgehead atoms. The predicted molar refractivity (Wildman–Crippen MR) is 86.1 cm³/mol. The maximum atomic E-state index is 13.1. The van der Waals surface area contributed by atoms with E-state index in [1.807, 2.05) is 60.7 Å². The van der Waals surface area contributed by atoms with Crippen LogP contribution in [-0.2, 0) is 9.84 Å². The molecular formula is C18H15NO2S. The number of sulfone groups is 1. The Morgan fingerprint density at radius 2 is 1.18 bits per heavy atom. The maximum absolute atomic E-state index is 13.1. The molecule has 0 unspecified atom stereocenters. The lowest BCUT2D eigenvalue weighted by molar-refractivity contribution is 0.585. The first-order valence-electron chi connectivity index (χ1n) is 6.94. The van der Waals surface area contributed by atoms with Crippen LogP contribution in [0, 0.1) is 0 Å². The lowest BCUT2D eigenvalue weighted by atomic mass is 10.0. The molecule has 0 aliphatic carbocycles. The number of hydrogen-bond donors (Lipinski definition) is 0. The molecule has 3 aromatic rings. The number of benzene rings is 2. The highest BCUT2D eigenvalue weighted by Gasteiger charge is 2.31. The summed E-state index contributed by atoms with van der Waals surface area (Å²) < 4.78 is 26.1. The van der Waals surface area contributed by atoms with Crippen molar-refractivity contribution in [2.75, 3.05) is 0 Å². The minimum atomic E-state index is -3.62. The van der Waals surface area contributed by atoms with Crippen LogP contribution in [0.25, 0.3) is 0 Å². The summed E-state index contributed by atoms with van der Waals surface area (Å²) in [5.74, 6) is 0. The normalized spacial score (nSPS) is 11.5. The van der Waals surface area contributed by atoms with Crippen molar-refractivity contribution in [1.82, 2.24) is 4.98 Å². The van der Waals surface area contributed by atoms with E-state index in [9.17, 15) is 8.42 Å². The van der Waals surface area contributed by atoms with Crippen LogP contribution in [0.1, 0.15) is 16.4 Å². The van der Waals surface area contributed by atoms with Gasteiger partial charge in [-0.25, -0.2) is 13.4 Å². The van der Waals surface area contributed by atoms with E-state index in [0.717, 1.165) is 11.1 Å². The molecule has 1 heterocycles. The molecule has 0 atom stereocenters. The van der Waals surface area contributed by atoms with Gasteiger partial charge in [0, 0.05) is 6.20 Å². The first-order valence-corrected chi connectivity index (χ1v) is 8.49. The summed E-state index contributed by atoms with van der Waals surface area (Å²) in [7, 11) is -3.62. The number of nitrogens with zero attached hydrogens (tertiary/aromatic N) is 1.